The monoisotopic (exact) mass is 826 g/mol. The lowest BCUT2D eigenvalue weighted by Crippen LogP contribution is -1.96. The first-order valence-electron chi connectivity index (χ1n) is 22.1. The molecule has 3 heteroatoms. The van der Waals surface area contributed by atoms with Gasteiger partial charge in [0.05, 0.1) is 11.4 Å². The Bertz CT molecular complexity index is 3980. The molecule has 0 aliphatic rings. The van der Waals surface area contributed by atoms with E-state index >= 15 is 0 Å². The second-order valence-corrected chi connectivity index (χ2v) is 16.8. The van der Waals surface area contributed by atoms with Gasteiger partial charge in [0.25, 0.3) is 0 Å². The first kappa shape index (κ1) is 36.9. The van der Waals surface area contributed by atoms with Gasteiger partial charge in [-0.2, -0.15) is 0 Å². The highest BCUT2D eigenvalue weighted by Crippen LogP contribution is 2.48. The van der Waals surface area contributed by atoms with Crippen LogP contribution >= 0.6 is 0 Å². The normalized spacial score (nSPS) is 11.7. The molecule has 0 saturated heterocycles. The summed E-state index contributed by atoms with van der Waals surface area (Å²) in [6, 6.07) is 82.4. The molecule has 0 amide bonds. The third-order valence-electron chi connectivity index (χ3n) is 13.1. The van der Waals surface area contributed by atoms with Gasteiger partial charge in [0, 0.05) is 27.5 Å². The van der Waals surface area contributed by atoms with E-state index in [1.165, 1.54) is 70.9 Å². The molecule has 0 aliphatic heterocycles. The molecule has 0 radical (unpaired) electrons. The quantitative estimate of drug-likeness (QED) is 0.124. The number of hydrogen-bond donors (Lipinski definition) is 0. The number of aromatic nitrogens is 2. The number of para-hydroxylation sites is 2. The third kappa shape index (κ3) is 6.05. The van der Waals surface area contributed by atoms with Crippen LogP contribution in [0.4, 0.5) is 0 Å². The molecule has 302 valence electrons. The maximum atomic E-state index is 6.49. The predicted molar refractivity (Wildman–Crippen MR) is 272 cm³/mol. The van der Waals surface area contributed by atoms with E-state index in [4.69, 9.17) is 14.4 Å². The van der Waals surface area contributed by atoms with Crippen LogP contribution in [0.25, 0.3) is 132 Å². The molecule has 13 aromatic rings. The highest BCUT2D eigenvalue weighted by molar-refractivity contribution is 6.29. The molecule has 11 aromatic carbocycles. The van der Waals surface area contributed by atoms with Gasteiger partial charge in [-0.25, -0.2) is 9.97 Å². The van der Waals surface area contributed by atoms with Gasteiger partial charge in [0.2, 0.25) is 0 Å². The van der Waals surface area contributed by atoms with Crippen LogP contribution in [0.1, 0.15) is 0 Å². The summed E-state index contributed by atoms with van der Waals surface area (Å²) in [7, 11) is 0. The zero-order valence-electron chi connectivity index (χ0n) is 35.2. The third-order valence-corrected chi connectivity index (χ3v) is 13.1. The lowest BCUT2D eigenvalue weighted by atomic mass is 9.82. The summed E-state index contributed by atoms with van der Waals surface area (Å²) in [5, 5.41) is 12.1. The van der Waals surface area contributed by atoms with Crippen LogP contribution in [0.2, 0.25) is 0 Å². The first-order valence-corrected chi connectivity index (χ1v) is 22.1. The number of nitrogens with zero attached hydrogens (tertiary/aromatic N) is 2. The molecule has 65 heavy (non-hydrogen) atoms. The van der Waals surface area contributed by atoms with Crippen molar-refractivity contribution in [2.75, 3.05) is 0 Å². The zero-order chi connectivity index (χ0) is 42.8. The van der Waals surface area contributed by atoms with Gasteiger partial charge >= 0.3 is 0 Å². The molecular weight excluding hydrogens is 789 g/mol. The van der Waals surface area contributed by atoms with Crippen LogP contribution in [0.15, 0.2) is 235 Å². The van der Waals surface area contributed by atoms with Crippen molar-refractivity contribution < 1.29 is 4.42 Å². The molecule has 0 bridgehead atoms. The predicted octanol–water partition coefficient (Wildman–Crippen LogP) is 17.0. The lowest BCUT2D eigenvalue weighted by Gasteiger charge is -2.21. The fourth-order valence-electron chi connectivity index (χ4n) is 10.1. The minimum Gasteiger partial charge on any atom is -0.455 e. The molecule has 2 heterocycles. The molecule has 3 nitrogen and oxygen atoms in total. The fourth-order valence-corrected chi connectivity index (χ4v) is 10.1. The van der Waals surface area contributed by atoms with Gasteiger partial charge in [0.1, 0.15) is 11.2 Å². The molecule has 0 unspecified atom stereocenters. The van der Waals surface area contributed by atoms with Crippen molar-refractivity contribution in [2.24, 2.45) is 0 Å². The smallest absolute Gasteiger partial charge is 0.160 e. The summed E-state index contributed by atoms with van der Waals surface area (Å²) < 4.78 is 6.49. The van der Waals surface area contributed by atoms with E-state index in [2.05, 4.69) is 200 Å². The average molecular weight is 827 g/mol. The molecule has 0 saturated carbocycles. The van der Waals surface area contributed by atoms with E-state index in [1.807, 2.05) is 30.3 Å². The standard InChI is InChI=1S/C62H38N2O/c1-3-17-42(18-4-1)58-49-25-11-12-26-50(49)59(54-35-34-39-16-7-8-21-45(39)60(54)58)51-37-36-44(46-22-9-10-23-47(46)51)40-30-32-41(33-31-40)55-38-56(64-62(63-55)43-19-5-2-6-20-43)53-28-15-27-52-48-24-13-14-29-57(48)65-61(52)53/h1-38H. The second-order valence-electron chi connectivity index (χ2n) is 16.8. The molecule has 0 atom stereocenters. The molecule has 2 aromatic heterocycles. The van der Waals surface area contributed by atoms with Crippen LogP contribution in [-0.2, 0) is 0 Å². The van der Waals surface area contributed by atoms with Gasteiger partial charge in [-0.1, -0.05) is 212 Å². The van der Waals surface area contributed by atoms with Crippen molar-refractivity contribution in [1.29, 1.82) is 0 Å². The number of benzene rings is 11. The molecule has 0 aliphatic carbocycles. The van der Waals surface area contributed by atoms with Crippen molar-refractivity contribution in [3.63, 3.8) is 0 Å². The van der Waals surface area contributed by atoms with Crippen LogP contribution in [-0.4, -0.2) is 9.97 Å². The lowest BCUT2D eigenvalue weighted by molar-refractivity contribution is 0.670. The van der Waals surface area contributed by atoms with Crippen molar-refractivity contribution in [3.05, 3.63) is 231 Å². The van der Waals surface area contributed by atoms with Crippen LogP contribution in [0, 0.1) is 0 Å². The van der Waals surface area contributed by atoms with Gasteiger partial charge < -0.3 is 4.42 Å². The van der Waals surface area contributed by atoms with Gasteiger partial charge in [-0.05, 0) is 94.7 Å². The zero-order valence-corrected chi connectivity index (χ0v) is 35.2. The fraction of sp³-hybridized carbons (Fsp3) is 0. The molecule has 13 rings (SSSR count). The summed E-state index contributed by atoms with van der Waals surface area (Å²) in [6.45, 7) is 0. The minimum absolute atomic E-state index is 0.668. The highest BCUT2D eigenvalue weighted by Gasteiger charge is 2.21. The SMILES string of the molecule is c1ccc(-c2nc(-c3ccc(-c4ccc(-c5c6ccccc6c(-c6ccccc6)c6c5ccc5ccccc56)c5ccccc45)cc3)cc(-c3cccc4c3oc3ccccc34)n2)cc1. The van der Waals surface area contributed by atoms with Crippen molar-refractivity contribution in [3.8, 4) is 67.3 Å². The Balaban J connectivity index is 0.965. The summed E-state index contributed by atoms with van der Waals surface area (Å²) in [4.78, 5) is 10.3. The molecule has 0 N–H and O–H groups in total. The van der Waals surface area contributed by atoms with E-state index in [1.54, 1.807) is 0 Å². The topological polar surface area (TPSA) is 38.9 Å². The average Bonchev–Trinajstić information content (AvgIpc) is 3.77. The van der Waals surface area contributed by atoms with E-state index < -0.39 is 0 Å². The Morgan fingerprint density at radius 3 is 1.63 bits per heavy atom. The summed E-state index contributed by atoms with van der Waals surface area (Å²) >= 11 is 0. The Morgan fingerprint density at radius 1 is 0.292 bits per heavy atom. The largest absolute Gasteiger partial charge is 0.455 e. The van der Waals surface area contributed by atoms with Crippen molar-refractivity contribution >= 4 is 65.0 Å². The summed E-state index contributed by atoms with van der Waals surface area (Å²) in [5.41, 5.74) is 13.5. The summed E-state index contributed by atoms with van der Waals surface area (Å²) in [5.74, 6) is 0.668. The molecule has 0 fully saturated rings. The van der Waals surface area contributed by atoms with E-state index in [9.17, 15) is 0 Å². The number of fused-ring (bicyclic) bond motifs is 8. The number of furan rings is 1. The summed E-state index contributed by atoms with van der Waals surface area (Å²) in [6.07, 6.45) is 0. The Hall–Kier alpha value is -8.66. The maximum absolute atomic E-state index is 6.49. The Kier molecular flexibility index (Phi) is 8.53. The van der Waals surface area contributed by atoms with Gasteiger partial charge in [-0.3, -0.25) is 0 Å². The second kappa shape index (κ2) is 15.0. The Morgan fingerprint density at radius 2 is 0.862 bits per heavy atom. The minimum atomic E-state index is 0.668. The van der Waals surface area contributed by atoms with Crippen LogP contribution in [0.3, 0.4) is 0 Å². The van der Waals surface area contributed by atoms with E-state index in [0.717, 1.165) is 55.6 Å². The van der Waals surface area contributed by atoms with Crippen molar-refractivity contribution in [1.82, 2.24) is 9.97 Å². The van der Waals surface area contributed by atoms with Gasteiger partial charge in [-0.15, -0.1) is 0 Å². The van der Waals surface area contributed by atoms with Crippen LogP contribution < -0.4 is 0 Å². The number of rotatable bonds is 6. The van der Waals surface area contributed by atoms with E-state index in [0.29, 0.717) is 5.82 Å². The Labute approximate surface area is 375 Å². The molecule has 0 spiro atoms. The van der Waals surface area contributed by atoms with Crippen LogP contribution in [0.5, 0.6) is 0 Å². The molecular formula is C62H38N2O. The number of hydrogen-bond acceptors (Lipinski definition) is 3. The first-order chi connectivity index (χ1) is 32.2. The van der Waals surface area contributed by atoms with Gasteiger partial charge in [0.15, 0.2) is 5.82 Å². The highest BCUT2D eigenvalue weighted by atomic mass is 16.3. The van der Waals surface area contributed by atoms with E-state index in [-0.39, 0.29) is 0 Å². The van der Waals surface area contributed by atoms with Crippen molar-refractivity contribution in [2.45, 2.75) is 0 Å². The maximum Gasteiger partial charge on any atom is 0.160 e.